The van der Waals surface area contributed by atoms with Gasteiger partial charge in [-0.3, -0.25) is 13.7 Å². The Hall–Kier alpha value is 0.220. The van der Waals surface area contributed by atoms with Gasteiger partial charge in [0, 0.05) is 6.42 Å². The van der Waals surface area contributed by atoms with Crippen LogP contribution in [0.5, 0.6) is 0 Å². The fourth-order valence-corrected chi connectivity index (χ4v) is 1.35. The lowest BCUT2D eigenvalue weighted by molar-refractivity contribution is -0.296. The van der Waals surface area contributed by atoms with E-state index in [9.17, 15) is 9.13 Å². The Labute approximate surface area is 81.0 Å². The molecule has 0 heterocycles. The SMILES string of the molecule is O=[PH](O)OCCCC(O)(O)O[PH](=O)O. The van der Waals surface area contributed by atoms with Crippen molar-refractivity contribution in [2.45, 2.75) is 18.8 Å². The van der Waals surface area contributed by atoms with Crippen molar-refractivity contribution in [2.75, 3.05) is 6.61 Å². The highest BCUT2D eigenvalue weighted by atomic mass is 31.1. The highest BCUT2D eigenvalue weighted by Crippen LogP contribution is 2.26. The highest BCUT2D eigenvalue weighted by Gasteiger charge is 2.25. The first-order valence-electron chi connectivity index (χ1n) is 3.56. The van der Waals surface area contributed by atoms with Crippen LogP contribution in [0.4, 0.5) is 0 Å². The predicted octanol–water partition coefficient (Wildman–Crippen LogP) is -0.798. The summed E-state index contributed by atoms with van der Waals surface area (Å²) in [6.07, 6.45) is -0.405. The minimum Gasteiger partial charge on any atom is -0.343 e. The number of hydrogen-bond acceptors (Lipinski definition) is 6. The van der Waals surface area contributed by atoms with Gasteiger partial charge in [-0.2, -0.15) is 0 Å². The lowest BCUT2D eigenvalue weighted by Gasteiger charge is -2.19. The number of rotatable bonds is 7. The maximum atomic E-state index is 10.1. The van der Waals surface area contributed by atoms with Gasteiger partial charge >= 0.3 is 16.5 Å². The molecule has 0 aliphatic heterocycles. The second kappa shape index (κ2) is 6.66. The fourth-order valence-electron chi connectivity index (χ4n) is 0.653. The van der Waals surface area contributed by atoms with Crippen LogP contribution in [0.25, 0.3) is 0 Å². The van der Waals surface area contributed by atoms with E-state index in [4.69, 9.17) is 20.0 Å². The summed E-state index contributed by atoms with van der Waals surface area (Å²) < 4.78 is 28.2. The molecule has 0 saturated heterocycles. The van der Waals surface area contributed by atoms with Gasteiger partial charge in [0.15, 0.2) is 0 Å². The molecule has 0 saturated carbocycles. The molecule has 2 atom stereocenters. The van der Waals surface area contributed by atoms with Crippen molar-refractivity contribution >= 4 is 16.5 Å². The van der Waals surface area contributed by atoms with Gasteiger partial charge in [-0.25, -0.2) is 0 Å². The standard InChI is InChI=1S/C4H12O8P2/c5-4(6,12-14(9)10)2-1-3-11-13(7)8/h5-6,13-14H,1-3H2,(H,7,8)(H,9,10). The molecule has 0 aromatic rings. The van der Waals surface area contributed by atoms with Crippen molar-refractivity contribution in [1.82, 2.24) is 0 Å². The first-order valence-corrected chi connectivity index (χ1v) is 6.08. The van der Waals surface area contributed by atoms with E-state index in [0.717, 1.165) is 0 Å². The molecule has 0 aromatic carbocycles. The van der Waals surface area contributed by atoms with E-state index in [1.807, 2.05) is 0 Å². The van der Waals surface area contributed by atoms with E-state index in [2.05, 4.69) is 9.05 Å². The summed E-state index contributed by atoms with van der Waals surface area (Å²) in [6, 6.07) is 0. The molecule has 0 radical (unpaired) electrons. The summed E-state index contributed by atoms with van der Waals surface area (Å²) in [5, 5.41) is 17.7. The van der Waals surface area contributed by atoms with E-state index >= 15 is 0 Å². The molecular weight excluding hydrogens is 238 g/mol. The van der Waals surface area contributed by atoms with E-state index in [1.54, 1.807) is 0 Å². The third-order valence-electron chi connectivity index (χ3n) is 1.12. The first kappa shape index (κ1) is 14.2. The number of hydrogen-bond donors (Lipinski definition) is 4. The summed E-state index contributed by atoms with van der Waals surface area (Å²) in [4.78, 5) is 16.4. The van der Waals surface area contributed by atoms with Crippen molar-refractivity contribution in [3.8, 4) is 0 Å². The average Bonchev–Trinajstić information content (AvgIpc) is 1.95. The van der Waals surface area contributed by atoms with Crippen LogP contribution in [0.15, 0.2) is 0 Å². The highest BCUT2D eigenvalue weighted by molar-refractivity contribution is 7.32. The molecule has 0 bridgehead atoms. The molecule has 0 spiro atoms. The molecule has 0 amide bonds. The molecule has 10 heteroatoms. The maximum Gasteiger partial charge on any atom is 0.320 e. The Bertz CT molecular complexity index is 215. The van der Waals surface area contributed by atoms with Gasteiger partial charge in [-0.05, 0) is 6.42 Å². The summed E-state index contributed by atoms with van der Waals surface area (Å²) in [7, 11) is -6.47. The Morgan fingerprint density at radius 1 is 1.14 bits per heavy atom. The third kappa shape index (κ3) is 8.80. The normalized spacial score (nSPS) is 16.6. The zero-order chi connectivity index (χ0) is 11.2. The van der Waals surface area contributed by atoms with Crippen molar-refractivity contribution in [1.29, 1.82) is 0 Å². The third-order valence-corrected chi connectivity index (χ3v) is 2.08. The Balaban J connectivity index is 3.65. The molecular formula is C4H12O8P2. The molecule has 0 aliphatic carbocycles. The van der Waals surface area contributed by atoms with Gasteiger partial charge in [-0.1, -0.05) is 0 Å². The van der Waals surface area contributed by atoms with Crippen LogP contribution in [-0.4, -0.2) is 32.6 Å². The smallest absolute Gasteiger partial charge is 0.320 e. The topological polar surface area (TPSA) is 134 Å². The zero-order valence-electron chi connectivity index (χ0n) is 7.04. The molecule has 8 nitrogen and oxygen atoms in total. The molecule has 2 unspecified atom stereocenters. The van der Waals surface area contributed by atoms with Crippen molar-refractivity contribution in [3.05, 3.63) is 0 Å². The monoisotopic (exact) mass is 250 g/mol. The van der Waals surface area contributed by atoms with Crippen LogP contribution >= 0.6 is 16.5 Å². The molecule has 4 N–H and O–H groups in total. The average molecular weight is 250 g/mol. The van der Waals surface area contributed by atoms with Crippen molar-refractivity contribution in [2.24, 2.45) is 0 Å². The molecule has 14 heavy (non-hydrogen) atoms. The van der Waals surface area contributed by atoms with Crippen LogP contribution in [0, 0.1) is 0 Å². The van der Waals surface area contributed by atoms with Gasteiger partial charge in [0.05, 0.1) is 6.61 Å². The minimum atomic E-state index is -3.44. The van der Waals surface area contributed by atoms with Crippen LogP contribution < -0.4 is 0 Å². The van der Waals surface area contributed by atoms with Gasteiger partial charge in [0.2, 0.25) is 0 Å². The second-order valence-electron chi connectivity index (χ2n) is 2.33. The second-order valence-corrected chi connectivity index (χ2v) is 3.89. The van der Waals surface area contributed by atoms with Gasteiger partial charge in [0.1, 0.15) is 0 Å². The van der Waals surface area contributed by atoms with Crippen molar-refractivity contribution < 1.29 is 38.2 Å². The summed E-state index contributed by atoms with van der Waals surface area (Å²) in [5.74, 6) is -2.71. The maximum absolute atomic E-state index is 10.1. The number of aliphatic hydroxyl groups is 2. The van der Waals surface area contributed by atoms with Crippen LogP contribution in [0.1, 0.15) is 12.8 Å². The zero-order valence-corrected chi connectivity index (χ0v) is 9.04. The predicted molar refractivity (Wildman–Crippen MR) is 45.9 cm³/mol. The largest absolute Gasteiger partial charge is 0.343 e. The van der Waals surface area contributed by atoms with Crippen LogP contribution in [0.3, 0.4) is 0 Å². The summed E-state index contributed by atoms with van der Waals surface area (Å²) in [5.41, 5.74) is 0. The summed E-state index contributed by atoms with van der Waals surface area (Å²) in [6.45, 7) is -0.174. The van der Waals surface area contributed by atoms with E-state index in [1.165, 1.54) is 0 Å². The van der Waals surface area contributed by atoms with Gasteiger partial charge in [0.25, 0.3) is 5.97 Å². The lowest BCUT2D eigenvalue weighted by atomic mass is 10.3. The minimum absolute atomic E-state index is 0.000880. The summed E-state index contributed by atoms with van der Waals surface area (Å²) >= 11 is 0. The quantitative estimate of drug-likeness (QED) is 0.262. The Morgan fingerprint density at radius 3 is 2.14 bits per heavy atom. The van der Waals surface area contributed by atoms with E-state index < -0.39 is 28.9 Å². The molecule has 0 aromatic heterocycles. The van der Waals surface area contributed by atoms with Crippen molar-refractivity contribution in [3.63, 3.8) is 0 Å². The van der Waals surface area contributed by atoms with Crippen LogP contribution in [-0.2, 0) is 18.2 Å². The lowest BCUT2D eigenvalue weighted by Crippen LogP contribution is -2.29. The molecule has 0 rings (SSSR count). The Kier molecular flexibility index (Phi) is 6.76. The molecule has 86 valence electrons. The first-order chi connectivity index (χ1) is 6.33. The van der Waals surface area contributed by atoms with E-state index in [0.29, 0.717) is 0 Å². The fraction of sp³-hybridized carbons (Fsp3) is 1.00. The van der Waals surface area contributed by atoms with E-state index in [-0.39, 0.29) is 13.0 Å². The molecule has 0 aliphatic rings. The Morgan fingerprint density at radius 2 is 1.71 bits per heavy atom. The molecule has 0 fully saturated rings. The van der Waals surface area contributed by atoms with Gasteiger partial charge in [-0.15, -0.1) is 0 Å². The van der Waals surface area contributed by atoms with Gasteiger partial charge < -0.3 is 24.5 Å². The van der Waals surface area contributed by atoms with Crippen LogP contribution in [0.2, 0.25) is 0 Å².